The Balaban J connectivity index is 1.81. The first kappa shape index (κ1) is 12.6. The minimum atomic E-state index is 0.0592. The monoisotopic (exact) mass is 252 g/mol. The van der Waals surface area contributed by atoms with Gasteiger partial charge in [-0.3, -0.25) is 9.69 Å². The Bertz CT molecular complexity index is 344. The molecule has 1 saturated heterocycles. The number of thiophene rings is 1. The number of likely N-dealkylation sites (tertiary alicyclic amines) is 1. The van der Waals surface area contributed by atoms with Gasteiger partial charge in [-0.2, -0.15) is 11.3 Å². The van der Waals surface area contributed by atoms with E-state index in [0.29, 0.717) is 6.04 Å². The third kappa shape index (κ3) is 3.30. The maximum Gasteiger partial charge on any atom is 0.252 e. The number of rotatable bonds is 5. The average Bonchev–Trinajstić information content (AvgIpc) is 3.02. The molecule has 0 aliphatic carbocycles. The molecule has 4 heteroatoms. The second kappa shape index (κ2) is 6.17. The molecule has 2 heterocycles. The molecule has 1 aliphatic rings. The molecule has 1 N–H and O–H groups in total. The van der Waals surface area contributed by atoms with Gasteiger partial charge in [0.15, 0.2) is 0 Å². The summed E-state index contributed by atoms with van der Waals surface area (Å²) in [6, 6.07) is 2.37. The molecule has 2 rings (SSSR count). The maximum atomic E-state index is 11.8. The van der Waals surface area contributed by atoms with E-state index in [1.54, 1.807) is 11.3 Å². The quantitative estimate of drug-likeness (QED) is 0.872. The van der Waals surface area contributed by atoms with Crippen molar-refractivity contribution >= 4 is 17.2 Å². The third-order valence-corrected chi connectivity index (χ3v) is 4.09. The van der Waals surface area contributed by atoms with Crippen molar-refractivity contribution in [3.05, 3.63) is 22.4 Å². The molecule has 1 aromatic rings. The van der Waals surface area contributed by atoms with E-state index < -0.39 is 0 Å². The minimum absolute atomic E-state index is 0.0592. The van der Waals surface area contributed by atoms with Gasteiger partial charge in [-0.05, 0) is 43.8 Å². The second-order valence-electron chi connectivity index (χ2n) is 4.53. The van der Waals surface area contributed by atoms with Gasteiger partial charge >= 0.3 is 0 Å². The van der Waals surface area contributed by atoms with Crippen LogP contribution in [0.1, 0.15) is 36.5 Å². The van der Waals surface area contributed by atoms with Crippen molar-refractivity contribution < 1.29 is 4.79 Å². The number of amides is 1. The van der Waals surface area contributed by atoms with Crippen LogP contribution < -0.4 is 5.32 Å². The molecule has 94 valence electrons. The molecule has 1 fully saturated rings. The number of carbonyl (C=O) groups is 1. The lowest BCUT2D eigenvalue weighted by molar-refractivity contribution is 0.0937. The van der Waals surface area contributed by atoms with Crippen LogP contribution in [0.25, 0.3) is 0 Å². The van der Waals surface area contributed by atoms with E-state index in [4.69, 9.17) is 0 Å². The van der Waals surface area contributed by atoms with Crippen molar-refractivity contribution in [3.8, 4) is 0 Å². The first-order valence-corrected chi connectivity index (χ1v) is 7.30. The predicted molar refractivity (Wildman–Crippen MR) is 71.5 cm³/mol. The van der Waals surface area contributed by atoms with Gasteiger partial charge < -0.3 is 5.32 Å². The van der Waals surface area contributed by atoms with Gasteiger partial charge in [0.05, 0.1) is 0 Å². The summed E-state index contributed by atoms with van der Waals surface area (Å²) in [5.74, 6) is 0.0592. The summed E-state index contributed by atoms with van der Waals surface area (Å²) >= 11 is 1.56. The summed E-state index contributed by atoms with van der Waals surface area (Å²) in [4.78, 5) is 14.3. The molecule has 0 saturated carbocycles. The smallest absolute Gasteiger partial charge is 0.252 e. The lowest BCUT2D eigenvalue weighted by atomic mass is 10.2. The number of carbonyl (C=O) groups excluding carboxylic acids is 1. The summed E-state index contributed by atoms with van der Waals surface area (Å²) in [6.07, 6.45) is 3.70. The Morgan fingerprint density at radius 3 is 2.88 bits per heavy atom. The van der Waals surface area contributed by atoms with Gasteiger partial charge in [-0.1, -0.05) is 6.92 Å². The number of hydrogen-bond acceptors (Lipinski definition) is 3. The Kier molecular flexibility index (Phi) is 4.57. The molecule has 0 bridgehead atoms. The fraction of sp³-hybridized carbons (Fsp3) is 0.615. The highest BCUT2D eigenvalue weighted by Gasteiger charge is 2.20. The fourth-order valence-corrected chi connectivity index (χ4v) is 2.98. The SMILES string of the molecule is CC[C@@H](CNC(=O)c1ccsc1)N1CCCC1. The number of hydrogen-bond donors (Lipinski definition) is 1. The first-order valence-electron chi connectivity index (χ1n) is 6.35. The summed E-state index contributed by atoms with van der Waals surface area (Å²) in [5.41, 5.74) is 0.784. The van der Waals surface area contributed by atoms with Crippen molar-refractivity contribution in [3.63, 3.8) is 0 Å². The van der Waals surface area contributed by atoms with E-state index in [9.17, 15) is 4.79 Å². The van der Waals surface area contributed by atoms with Gasteiger partial charge in [0.25, 0.3) is 5.91 Å². The largest absolute Gasteiger partial charge is 0.350 e. The Labute approximate surface area is 107 Å². The highest BCUT2D eigenvalue weighted by Crippen LogP contribution is 2.13. The second-order valence-corrected chi connectivity index (χ2v) is 5.31. The van der Waals surface area contributed by atoms with Crippen molar-refractivity contribution in [2.75, 3.05) is 19.6 Å². The summed E-state index contributed by atoms with van der Waals surface area (Å²) in [7, 11) is 0. The highest BCUT2D eigenvalue weighted by atomic mass is 32.1. The van der Waals surface area contributed by atoms with Crippen molar-refractivity contribution in [2.45, 2.75) is 32.2 Å². The lowest BCUT2D eigenvalue weighted by Gasteiger charge is -2.26. The van der Waals surface area contributed by atoms with Crippen LogP contribution in [-0.2, 0) is 0 Å². The van der Waals surface area contributed by atoms with E-state index in [1.807, 2.05) is 16.8 Å². The average molecular weight is 252 g/mol. The molecule has 17 heavy (non-hydrogen) atoms. The van der Waals surface area contributed by atoms with Gasteiger partial charge in [0, 0.05) is 23.5 Å². The van der Waals surface area contributed by atoms with E-state index >= 15 is 0 Å². The van der Waals surface area contributed by atoms with Crippen LogP contribution >= 0.6 is 11.3 Å². The zero-order chi connectivity index (χ0) is 12.1. The maximum absolute atomic E-state index is 11.8. The van der Waals surface area contributed by atoms with Crippen LogP contribution in [-0.4, -0.2) is 36.5 Å². The van der Waals surface area contributed by atoms with Gasteiger partial charge in [0.2, 0.25) is 0 Å². The summed E-state index contributed by atoms with van der Waals surface area (Å²) in [6.45, 7) is 5.34. The molecule has 1 atom stereocenters. The van der Waals surface area contributed by atoms with Crippen LogP contribution in [0.15, 0.2) is 16.8 Å². The zero-order valence-electron chi connectivity index (χ0n) is 10.3. The van der Waals surface area contributed by atoms with Crippen LogP contribution in [0.3, 0.4) is 0 Å². The first-order chi connectivity index (χ1) is 8.31. The van der Waals surface area contributed by atoms with Gasteiger partial charge in [-0.15, -0.1) is 0 Å². The molecule has 0 aromatic carbocycles. The molecule has 1 amide bonds. The highest BCUT2D eigenvalue weighted by molar-refractivity contribution is 7.08. The normalized spacial score (nSPS) is 18.2. The van der Waals surface area contributed by atoms with Crippen LogP contribution in [0, 0.1) is 0 Å². The summed E-state index contributed by atoms with van der Waals surface area (Å²) in [5, 5.41) is 6.87. The molecular weight excluding hydrogens is 232 g/mol. The Morgan fingerprint density at radius 1 is 1.53 bits per heavy atom. The molecule has 1 aromatic heterocycles. The Hall–Kier alpha value is -0.870. The van der Waals surface area contributed by atoms with E-state index in [-0.39, 0.29) is 5.91 Å². The molecular formula is C13H20N2OS. The lowest BCUT2D eigenvalue weighted by Crippen LogP contribution is -2.42. The van der Waals surface area contributed by atoms with Crippen LogP contribution in [0.5, 0.6) is 0 Å². The number of nitrogens with one attached hydrogen (secondary N) is 1. The summed E-state index contributed by atoms with van der Waals surface area (Å²) < 4.78 is 0. The molecule has 3 nitrogen and oxygen atoms in total. The topological polar surface area (TPSA) is 32.3 Å². The van der Waals surface area contributed by atoms with Crippen LogP contribution in [0.4, 0.5) is 0 Å². The van der Waals surface area contributed by atoms with E-state index in [2.05, 4.69) is 17.1 Å². The van der Waals surface area contributed by atoms with Crippen molar-refractivity contribution in [1.82, 2.24) is 10.2 Å². The minimum Gasteiger partial charge on any atom is -0.350 e. The third-order valence-electron chi connectivity index (χ3n) is 3.41. The van der Waals surface area contributed by atoms with Crippen LogP contribution in [0.2, 0.25) is 0 Å². The molecule has 1 aliphatic heterocycles. The molecule has 0 spiro atoms. The van der Waals surface area contributed by atoms with Gasteiger partial charge in [0.1, 0.15) is 0 Å². The van der Waals surface area contributed by atoms with E-state index in [0.717, 1.165) is 18.5 Å². The fourth-order valence-electron chi connectivity index (χ4n) is 2.34. The molecule has 0 unspecified atom stereocenters. The number of nitrogens with zero attached hydrogens (tertiary/aromatic N) is 1. The van der Waals surface area contributed by atoms with Gasteiger partial charge in [-0.25, -0.2) is 0 Å². The van der Waals surface area contributed by atoms with E-state index in [1.165, 1.54) is 25.9 Å². The standard InChI is InChI=1S/C13H20N2OS/c1-2-12(15-6-3-4-7-15)9-14-13(16)11-5-8-17-10-11/h5,8,10,12H,2-4,6-7,9H2,1H3,(H,14,16)/t12-/m0/s1. The molecule has 0 radical (unpaired) electrons. The predicted octanol–water partition coefficient (Wildman–Crippen LogP) is 2.35. The van der Waals surface area contributed by atoms with Crippen molar-refractivity contribution in [1.29, 1.82) is 0 Å². The zero-order valence-corrected chi connectivity index (χ0v) is 11.1. The van der Waals surface area contributed by atoms with Crippen molar-refractivity contribution in [2.24, 2.45) is 0 Å². The Morgan fingerprint density at radius 2 is 2.29 bits per heavy atom.